The number of rotatable bonds is 10. The van der Waals surface area contributed by atoms with Gasteiger partial charge in [0.15, 0.2) is 0 Å². The van der Waals surface area contributed by atoms with Gasteiger partial charge in [-0.1, -0.05) is 30.3 Å². The van der Waals surface area contributed by atoms with Gasteiger partial charge in [0.25, 0.3) is 20.2 Å². The molecule has 4 aromatic rings. The quantitative estimate of drug-likeness (QED) is 0.137. The fourth-order valence-corrected chi connectivity index (χ4v) is 7.74. The van der Waals surface area contributed by atoms with Gasteiger partial charge in [-0.2, -0.15) is 16.8 Å². The van der Waals surface area contributed by atoms with Crippen LogP contribution in [-0.4, -0.2) is 81.2 Å². The number of hydrogen-bond donors (Lipinski definition) is 4. The Labute approximate surface area is 264 Å². The third-order valence-corrected chi connectivity index (χ3v) is 10.4. The maximum absolute atomic E-state index is 11.2. The van der Waals surface area contributed by atoms with Gasteiger partial charge in [-0.15, -0.1) is 0 Å². The summed E-state index contributed by atoms with van der Waals surface area (Å²) in [5.41, 5.74) is 2.07. The monoisotopic (exact) mass is 656 g/mol. The van der Waals surface area contributed by atoms with Gasteiger partial charge in [0, 0.05) is 47.1 Å². The molecule has 3 aromatic carbocycles. The fraction of sp³-hybridized carbons (Fsp3) is 0.406. The van der Waals surface area contributed by atoms with Crippen LogP contribution in [0.4, 0.5) is 5.69 Å². The second kappa shape index (κ2) is 14.0. The fourth-order valence-electron chi connectivity index (χ4n) is 6.32. The van der Waals surface area contributed by atoms with Gasteiger partial charge in [0.1, 0.15) is 15.5 Å². The number of piperidine rings is 3. The average Bonchev–Trinajstić information content (AvgIpc) is 3.02. The summed E-state index contributed by atoms with van der Waals surface area (Å²) in [6.07, 6.45) is 6.94. The zero-order chi connectivity index (χ0) is 32.2. The molecule has 7 rings (SSSR count). The Kier molecular flexibility index (Phi) is 10.3. The van der Waals surface area contributed by atoms with Crippen molar-refractivity contribution in [2.75, 3.05) is 38.6 Å². The standard InChI is InChI=1S/C22H32N4O.C10H8O6S2/c1-16(5-3-9-23-21-15-26-11-7-17(21)8-12-26)25-20-14-19(27-2)13-18-6-4-10-24-22(18)20;11-17(12,13)9-5-1-3-7-8(9)4-2-6-10(7)18(14,15)16/h4,6,10,13-14,16-17,21,23,25H,3,5,7-9,11-12,15H2,1-2H3;1-6H,(H,11,12,13)(H,14,15,16). The minimum absolute atomic E-state index is 0.0233. The summed E-state index contributed by atoms with van der Waals surface area (Å²) >= 11 is 0. The third kappa shape index (κ3) is 8.10. The number of nitrogens with zero attached hydrogens (tertiary/aromatic N) is 2. The molecule has 11 nitrogen and oxygen atoms in total. The first-order chi connectivity index (χ1) is 21.4. The molecule has 3 fully saturated rings. The van der Waals surface area contributed by atoms with Crippen molar-refractivity contribution in [2.45, 2.75) is 54.5 Å². The number of aromatic nitrogens is 1. The van der Waals surface area contributed by atoms with E-state index in [2.05, 4.69) is 39.6 Å². The molecule has 3 aliphatic heterocycles. The predicted octanol–water partition coefficient (Wildman–Crippen LogP) is 4.84. The zero-order valence-electron chi connectivity index (χ0n) is 25.4. The number of pyridine rings is 1. The maximum Gasteiger partial charge on any atom is 0.295 e. The van der Waals surface area contributed by atoms with E-state index in [9.17, 15) is 16.8 Å². The first kappa shape index (κ1) is 33.0. The van der Waals surface area contributed by atoms with Crippen molar-refractivity contribution in [3.05, 3.63) is 66.9 Å². The molecule has 0 radical (unpaired) electrons. The number of methoxy groups -OCH3 is 1. The number of hydrogen-bond acceptors (Lipinski definition) is 9. The lowest BCUT2D eigenvalue weighted by atomic mass is 9.84. The molecule has 4 heterocycles. The highest BCUT2D eigenvalue weighted by Gasteiger charge is 2.33. The number of anilines is 1. The molecular weight excluding hydrogens is 617 g/mol. The van der Waals surface area contributed by atoms with Gasteiger partial charge in [-0.25, -0.2) is 0 Å². The Balaban J connectivity index is 0.000000194. The van der Waals surface area contributed by atoms with E-state index in [0.29, 0.717) is 12.1 Å². The summed E-state index contributed by atoms with van der Waals surface area (Å²) in [7, 11) is -7.22. The summed E-state index contributed by atoms with van der Waals surface area (Å²) in [4.78, 5) is 6.34. The number of ether oxygens (including phenoxy) is 1. The summed E-state index contributed by atoms with van der Waals surface area (Å²) in [5.74, 6) is 1.77. The van der Waals surface area contributed by atoms with Gasteiger partial charge in [0.05, 0.1) is 18.3 Å². The highest BCUT2D eigenvalue weighted by molar-refractivity contribution is 7.86. The van der Waals surface area contributed by atoms with Crippen LogP contribution in [0.1, 0.15) is 32.6 Å². The molecule has 242 valence electrons. The summed E-state index contributed by atoms with van der Waals surface area (Å²) < 4.78 is 68.1. The molecule has 0 amide bonds. The van der Waals surface area contributed by atoms with Gasteiger partial charge >= 0.3 is 0 Å². The summed E-state index contributed by atoms with van der Waals surface area (Å²) in [5, 5.41) is 8.62. The molecule has 3 aliphatic rings. The molecule has 3 saturated heterocycles. The van der Waals surface area contributed by atoms with Gasteiger partial charge in [-0.3, -0.25) is 14.1 Å². The summed E-state index contributed by atoms with van der Waals surface area (Å²) in [6.45, 7) is 7.24. The SMILES string of the molecule is COc1cc(NC(C)CCCNC2CN3CCC2CC3)c2ncccc2c1.O=S(=O)(O)c1cccc2c(S(=O)(=O)O)cccc12. The highest BCUT2D eigenvalue weighted by atomic mass is 32.2. The number of nitrogens with one attached hydrogen (secondary N) is 2. The van der Waals surface area contributed by atoms with Gasteiger partial charge < -0.3 is 20.3 Å². The Morgan fingerprint density at radius 2 is 1.60 bits per heavy atom. The van der Waals surface area contributed by atoms with Crippen molar-refractivity contribution in [1.82, 2.24) is 15.2 Å². The van der Waals surface area contributed by atoms with Crippen molar-refractivity contribution in [3.63, 3.8) is 0 Å². The van der Waals surface area contributed by atoms with Crippen LogP contribution in [0.5, 0.6) is 5.75 Å². The molecule has 2 bridgehead atoms. The van der Waals surface area contributed by atoms with Crippen LogP contribution >= 0.6 is 0 Å². The molecule has 2 atom stereocenters. The van der Waals surface area contributed by atoms with Crippen LogP contribution in [0.15, 0.2) is 76.7 Å². The second-order valence-electron chi connectivity index (χ2n) is 11.7. The second-order valence-corrected chi connectivity index (χ2v) is 14.5. The molecule has 45 heavy (non-hydrogen) atoms. The zero-order valence-corrected chi connectivity index (χ0v) is 27.0. The Morgan fingerprint density at radius 3 is 2.16 bits per heavy atom. The van der Waals surface area contributed by atoms with Crippen LogP contribution in [0.2, 0.25) is 0 Å². The van der Waals surface area contributed by atoms with E-state index in [0.717, 1.165) is 53.4 Å². The van der Waals surface area contributed by atoms with Crippen molar-refractivity contribution in [2.24, 2.45) is 5.92 Å². The molecule has 0 saturated carbocycles. The first-order valence-electron chi connectivity index (χ1n) is 15.1. The first-order valence-corrected chi connectivity index (χ1v) is 17.9. The third-order valence-electron chi connectivity index (χ3n) is 8.59. The largest absolute Gasteiger partial charge is 0.497 e. The van der Waals surface area contributed by atoms with E-state index in [1.54, 1.807) is 7.11 Å². The topological polar surface area (TPSA) is 158 Å². The minimum atomic E-state index is -4.47. The Bertz CT molecular complexity index is 1790. The lowest BCUT2D eigenvalue weighted by molar-refractivity contribution is 0.0727. The molecule has 2 unspecified atom stereocenters. The smallest absolute Gasteiger partial charge is 0.295 e. The van der Waals surface area contributed by atoms with Crippen LogP contribution < -0.4 is 15.4 Å². The van der Waals surface area contributed by atoms with Gasteiger partial charge in [-0.05, 0) is 82.4 Å². The summed E-state index contributed by atoms with van der Waals surface area (Å²) in [6, 6.07) is 16.8. The minimum Gasteiger partial charge on any atom is -0.497 e. The molecule has 0 spiro atoms. The molecule has 13 heteroatoms. The van der Waals surface area contributed by atoms with E-state index < -0.39 is 30.0 Å². The lowest BCUT2D eigenvalue weighted by Gasteiger charge is -2.45. The predicted molar refractivity (Wildman–Crippen MR) is 175 cm³/mol. The van der Waals surface area contributed by atoms with Crippen LogP contribution in [-0.2, 0) is 20.2 Å². The van der Waals surface area contributed by atoms with E-state index in [1.165, 1.54) is 63.2 Å². The van der Waals surface area contributed by atoms with Crippen LogP contribution in [0, 0.1) is 5.92 Å². The maximum atomic E-state index is 11.2. The average molecular weight is 657 g/mol. The van der Waals surface area contributed by atoms with Gasteiger partial charge in [0.2, 0.25) is 0 Å². The number of fused-ring (bicyclic) bond motifs is 5. The molecule has 1 aromatic heterocycles. The van der Waals surface area contributed by atoms with E-state index in [-0.39, 0.29) is 10.8 Å². The van der Waals surface area contributed by atoms with E-state index in [4.69, 9.17) is 13.8 Å². The van der Waals surface area contributed by atoms with E-state index >= 15 is 0 Å². The van der Waals surface area contributed by atoms with Crippen LogP contribution in [0.3, 0.4) is 0 Å². The van der Waals surface area contributed by atoms with Crippen molar-refractivity contribution in [1.29, 1.82) is 0 Å². The molecule has 4 N–H and O–H groups in total. The molecular formula is C32H40N4O7S2. The van der Waals surface area contributed by atoms with E-state index in [1.807, 2.05) is 18.3 Å². The Hall–Kier alpha value is -3.33. The van der Waals surface area contributed by atoms with Crippen molar-refractivity contribution in [3.8, 4) is 5.75 Å². The van der Waals surface area contributed by atoms with Crippen molar-refractivity contribution >= 4 is 47.6 Å². The lowest BCUT2D eigenvalue weighted by Crippen LogP contribution is -2.56. The molecule has 0 aliphatic carbocycles. The van der Waals surface area contributed by atoms with Crippen LogP contribution in [0.25, 0.3) is 21.7 Å². The number of benzene rings is 3. The normalized spacial score (nSPS) is 20.4. The van der Waals surface area contributed by atoms with Crippen molar-refractivity contribution < 1.29 is 30.7 Å². The Morgan fingerprint density at radius 1 is 0.956 bits per heavy atom. The highest BCUT2D eigenvalue weighted by Crippen LogP contribution is 2.30.